The molecular formula is C6H10O2. The summed E-state index contributed by atoms with van der Waals surface area (Å²) in [5.41, 5.74) is 0. The molecule has 2 heteroatoms. The predicted octanol–water partition coefficient (Wildman–Crippen LogP) is 0.997. The van der Waals surface area contributed by atoms with Crippen molar-refractivity contribution >= 4 is 0 Å². The summed E-state index contributed by atoms with van der Waals surface area (Å²) in [5, 5.41) is 16.3. The van der Waals surface area contributed by atoms with E-state index in [1.165, 1.54) is 6.08 Å². The zero-order valence-corrected chi connectivity index (χ0v) is 4.62. The van der Waals surface area contributed by atoms with Crippen LogP contribution in [0.1, 0.15) is 6.42 Å². The topological polar surface area (TPSA) is 40.5 Å². The van der Waals surface area contributed by atoms with Gasteiger partial charge in [-0.15, -0.1) is 0 Å². The average molecular weight is 114 g/mol. The minimum Gasteiger partial charge on any atom is -0.516 e. The lowest BCUT2D eigenvalue weighted by atomic mass is 10.4. The van der Waals surface area contributed by atoms with Gasteiger partial charge in [0.15, 0.2) is 0 Å². The first-order valence-electron chi connectivity index (χ1n) is 2.48. The van der Waals surface area contributed by atoms with E-state index in [9.17, 15) is 0 Å². The summed E-state index contributed by atoms with van der Waals surface area (Å²) < 4.78 is 0. The van der Waals surface area contributed by atoms with Crippen molar-refractivity contribution in [2.45, 2.75) is 6.42 Å². The van der Waals surface area contributed by atoms with E-state index in [2.05, 4.69) is 0 Å². The third kappa shape index (κ3) is 5.24. The van der Waals surface area contributed by atoms with Gasteiger partial charge in [-0.2, -0.15) is 0 Å². The molecule has 0 bridgehead atoms. The minimum absolute atomic E-state index is 0.162. The standard InChI is InChI=1S/C6H10O2/c7-5-3-1-2-4-6-8/h1-3,5,7-8H,4,6H2. The van der Waals surface area contributed by atoms with Crippen molar-refractivity contribution in [3.63, 3.8) is 0 Å². The Morgan fingerprint density at radius 3 is 2.50 bits per heavy atom. The van der Waals surface area contributed by atoms with Gasteiger partial charge in [0.05, 0.1) is 6.26 Å². The Balaban J connectivity index is 3.07. The zero-order valence-electron chi connectivity index (χ0n) is 4.62. The molecule has 8 heavy (non-hydrogen) atoms. The molecule has 0 aliphatic heterocycles. The van der Waals surface area contributed by atoms with Gasteiger partial charge in [-0.05, 0) is 12.5 Å². The molecule has 0 aromatic heterocycles. The van der Waals surface area contributed by atoms with E-state index in [0.717, 1.165) is 6.26 Å². The number of hydrogen-bond acceptors (Lipinski definition) is 2. The van der Waals surface area contributed by atoms with Gasteiger partial charge in [-0.3, -0.25) is 0 Å². The number of rotatable bonds is 3. The van der Waals surface area contributed by atoms with Crippen LogP contribution >= 0.6 is 0 Å². The Bertz CT molecular complexity index is 84.5. The average Bonchev–Trinajstić information content (AvgIpc) is 1.81. The van der Waals surface area contributed by atoms with Crippen molar-refractivity contribution in [1.82, 2.24) is 0 Å². The van der Waals surface area contributed by atoms with Crippen molar-refractivity contribution in [2.24, 2.45) is 0 Å². The molecule has 0 fully saturated rings. The maximum atomic E-state index is 8.23. The highest BCUT2D eigenvalue weighted by Gasteiger charge is 1.68. The maximum Gasteiger partial charge on any atom is 0.0791 e. The van der Waals surface area contributed by atoms with Crippen molar-refractivity contribution in [3.05, 3.63) is 24.5 Å². The Kier molecular flexibility index (Phi) is 5.65. The van der Waals surface area contributed by atoms with Gasteiger partial charge in [0.25, 0.3) is 0 Å². The van der Waals surface area contributed by atoms with Crippen LogP contribution in [-0.4, -0.2) is 16.8 Å². The molecule has 0 aromatic rings. The predicted molar refractivity (Wildman–Crippen MR) is 32.6 cm³/mol. The third-order valence-electron chi connectivity index (χ3n) is 0.629. The van der Waals surface area contributed by atoms with Crippen LogP contribution in [0, 0.1) is 0 Å². The Labute approximate surface area is 48.8 Å². The first kappa shape index (κ1) is 7.24. The van der Waals surface area contributed by atoms with Crippen LogP contribution in [0.15, 0.2) is 24.5 Å². The summed E-state index contributed by atoms with van der Waals surface area (Å²) in [6.07, 6.45) is 6.54. The van der Waals surface area contributed by atoms with E-state index in [4.69, 9.17) is 10.2 Å². The fraction of sp³-hybridized carbons (Fsp3) is 0.333. The van der Waals surface area contributed by atoms with Gasteiger partial charge in [0.2, 0.25) is 0 Å². The molecule has 0 atom stereocenters. The summed E-state index contributed by atoms with van der Waals surface area (Å²) in [6.45, 7) is 0.162. The smallest absolute Gasteiger partial charge is 0.0791 e. The second-order valence-electron chi connectivity index (χ2n) is 1.28. The van der Waals surface area contributed by atoms with E-state index in [1.54, 1.807) is 12.2 Å². The van der Waals surface area contributed by atoms with Crippen LogP contribution < -0.4 is 0 Å². The van der Waals surface area contributed by atoms with Gasteiger partial charge >= 0.3 is 0 Å². The quantitative estimate of drug-likeness (QED) is 0.424. The lowest BCUT2D eigenvalue weighted by Gasteiger charge is -1.78. The van der Waals surface area contributed by atoms with Crippen LogP contribution in [0.2, 0.25) is 0 Å². The fourth-order valence-electron chi connectivity index (χ4n) is 0.299. The van der Waals surface area contributed by atoms with Crippen LogP contribution in [0.25, 0.3) is 0 Å². The molecule has 0 aromatic carbocycles. The van der Waals surface area contributed by atoms with Crippen LogP contribution in [-0.2, 0) is 0 Å². The van der Waals surface area contributed by atoms with Crippen molar-refractivity contribution in [1.29, 1.82) is 0 Å². The molecule has 0 spiro atoms. The number of aliphatic hydroxyl groups excluding tert-OH is 2. The van der Waals surface area contributed by atoms with Crippen LogP contribution in [0.4, 0.5) is 0 Å². The Morgan fingerprint density at radius 1 is 1.25 bits per heavy atom. The molecule has 0 heterocycles. The van der Waals surface area contributed by atoms with Gasteiger partial charge in [0, 0.05) is 6.61 Å². The first-order chi connectivity index (χ1) is 3.91. The molecule has 2 nitrogen and oxygen atoms in total. The highest BCUT2D eigenvalue weighted by Crippen LogP contribution is 1.79. The monoisotopic (exact) mass is 114 g/mol. The fourth-order valence-corrected chi connectivity index (χ4v) is 0.299. The minimum atomic E-state index is 0.162. The van der Waals surface area contributed by atoms with Gasteiger partial charge in [-0.25, -0.2) is 0 Å². The van der Waals surface area contributed by atoms with Gasteiger partial charge in [-0.1, -0.05) is 12.2 Å². The van der Waals surface area contributed by atoms with Crippen molar-refractivity contribution in [2.75, 3.05) is 6.61 Å². The Morgan fingerprint density at radius 2 is 2.00 bits per heavy atom. The maximum absolute atomic E-state index is 8.23. The molecule has 46 valence electrons. The van der Waals surface area contributed by atoms with Crippen molar-refractivity contribution in [3.8, 4) is 0 Å². The molecule has 0 aliphatic carbocycles. The molecular weight excluding hydrogens is 104 g/mol. The summed E-state index contributed by atoms with van der Waals surface area (Å²) in [6, 6.07) is 0. The van der Waals surface area contributed by atoms with E-state index in [1.807, 2.05) is 0 Å². The normalized spacial score (nSPS) is 11.6. The Hall–Kier alpha value is -0.760. The number of allylic oxidation sites excluding steroid dienone is 2. The van der Waals surface area contributed by atoms with Gasteiger partial charge in [0.1, 0.15) is 0 Å². The summed E-state index contributed by atoms with van der Waals surface area (Å²) in [4.78, 5) is 0. The number of hydrogen-bond donors (Lipinski definition) is 2. The molecule has 0 saturated carbocycles. The second-order valence-corrected chi connectivity index (χ2v) is 1.28. The van der Waals surface area contributed by atoms with Crippen molar-refractivity contribution < 1.29 is 10.2 Å². The van der Waals surface area contributed by atoms with E-state index in [-0.39, 0.29) is 6.61 Å². The SMILES string of the molecule is OC=CC=CCCO. The lowest BCUT2D eigenvalue weighted by Crippen LogP contribution is -1.73. The molecule has 0 aliphatic rings. The van der Waals surface area contributed by atoms with E-state index < -0.39 is 0 Å². The molecule has 0 rings (SSSR count). The van der Waals surface area contributed by atoms with E-state index >= 15 is 0 Å². The first-order valence-corrected chi connectivity index (χ1v) is 2.48. The summed E-state index contributed by atoms with van der Waals surface area (Å²) >= 11 is 0. The largest absolute Gasteiger partial charge is 0.516 e. The molecule has 0 amide bonds. The van der Waals surface area contributed by atoms with Gasteiger partial charge < -0.3 is 10.2 Å². The third-order valence-corrected chi connectivity index (χ3v) is 0.629. The van der Waals surface area contributed by atoms with E-state index in [0.29, 0.717) is 6.42 Å². The number of aliphatic hydroxyl groups is 2. The molecule has 0 radical (unpaired) electrons. The summed E-state index contributed by atoms with van der Waals surface area (Å²) in [7, 11) is 0. The highest BCUT2D eigenvalue weighted by atomic mass is 16.3. The second kappa shape index (κ2) is 6.24. The molecule has 0 saturated heterocycles. The molecule has 0 unspecified atom stereocenters. The summed E-state index contributed by atoms with van der Waals surface area (Å²) in [5.74, 6) is 0. The molecule has 2 N–H and O–H groups in total. The zero-order chi connectivity index (χ0) is 6.24. The lowest BCUT2D eigenvalue weighted by molar-refractivity contribution is 0.302. The highest BCUT2D eigenvalue weighted by molar-refractivity contribution is 4.98. The van der Waals surface area contributed by atoms with Crippen LogP contribution in [0.3, 0.4) is 0 Å². The van der Waals surface area contributed by atoms with Crippen LogP contribution in [0.5, 0.6) is 0 Å².